The highest BCUT2D eigenvalue weighted by atomic mass is 35.5. The van der Waals surface area contributed by atoms with Crippen molar-refractivity contribution in [1.82, 2.24) is 0 Å². The van der Waals surface area contributed by atoms with Crippen LogP contribution in [0.5, 0.6) is 5.75 Å². The Hall–Kier alpha value is -1.63. The number of carbonyl (C=O) groups is 1. The smallest absolute Gasteiger partial charge is 0.168 e. The van der Waals surface area contributed by atoms with Gasteiger partial charge < -0.3 is 44.9 Å². The summed E-state index contributed by atoms with van der Waals surface area (Å²) < 4.78 is 5.71. The van der Waals surface area contributed by atoms with Gasteiger partial charge in [0.1, 0.15) is 17.9 Å². The summed E-state index contributed by atoms with van der Waals surface area (Å²) in [6.45, 7) is 4.39. The molecule has 0 aliphatic heterocycles. The van der Waals surface area contributed by atoms with Crippen molar-refractivity contribution in [2.45, 2.75) is 31.9 Å². The Labute approximate surface area is 192 Å². The molecule has 0 amide bonds. The lowest BCUT2D eigenvalue weighted by Crippen LogP contribution is -3.05. The van der Waals surface area contributed by atoms with Gasteiger partial charge in [-0.1, -0.05) is 30.3 Å². The topological polar surface area (TPSA) is 67.6 Å². The Balaban J connectivity index is 0.00000420. The van der Waals surface area contributed by atoms with Gasteiger partial charge in [-0.05, 0) is 36.8 Å². The number of Topliss-reactive ketones (excluding diaryl/α,β-unsaturated/α-hetero) is 1. The molecular formula is C23H34Cl2N2O3. The van der Waals surface area contributed by atoms with Gasteiger partial charge in [0.15, 0.2) is 5.78 Å². The summed E-state index contributed by atoms with van der Waals surface area (Å²) in [5.41, 5.74) is 1.61. The summed E-state index contributed by atoms with van der Waals surface area (Å²) in [5.74, 6) is 0.914. The summed E-state index contributed by atoms with van der Waals surface area (Å²) >= 11 is 0. The standard InChI is InChI=1S/C23H32N2O3.2ClH/c1-18(23(27)20-8-5-4-6-9-20)24-15-14-22(26)19-10-12-21(13-11-19)28-17-7-16-25(2)3;;/h4-6,8-13,18,23-24,27H,7,14-17H2,1-3H3;2*1H. The number of nitrogens with one attached hydrogen (secondary N) is 1. The maximum absolute atomic E-state index is 12.4. The number of hydrogen-bond donors (Lipinski definition) is 3. The Morgan fingerprint density at radius 3 is 2.30 bits per heavy atom. The molecule has 2 aromatic carbocycles. The van der Waals surface area contributed by atoms with Gasteiger partial charge in [-0.15, -0.1) is 0 Å². The molecule has 2 unspecified atom stereocenters. The molecule has 5 nitrogen and oxygen atoms in total. The average molecular weight is 457 g/mol. The van der Waals surface area contributed by atoms with Crippen LogP contribution >= 0.6 is 0 Å². The van der Waals surface area contributed by atoms with Crippen LogP contribution in [0.15, 0.2) is 54.6 Å². The number of quaternary nitrogens is 2. The summed E-state index contributed by atoms with van der Waals surface area (Å²) in [4.78, 5) is 13.8. The van der Waals surface area contributed by atoms with Gasteiger partial charge in [0.05, 0.1) is 40.2 Å². The summed E-state index contributed by atoms with van der Waals surface area (Å²) in [7, 11) is 4.25. The molecule has 2 rings (SSSR count). The van der Waals surface area contributed by atoms with Crippen LogP contribution in [0.3, 0.4) is 0 Å². The van der Waals surface area contributed by atoms with Crippen LogP contribution in [0.1, 0.15) is 41.8 Å². The second-order valence-corrected chi connectivity index (χ2v) is 7.60. The number of rotatable bonds is 12. The van der Waals surface area contributed by atoms with E-state index in [0.717, 1.165) is 24.3 Å². The van der Waals surface area contributed by atoms with E-state index in [1.54, 1.807) is 0 Å². The minimum absolute atomic E-state index is 0. The zero-order chi connectivity index (χ0) is 20.4. The molecule has 30 heavy (non-hydrogen) atoms. The Morgan fingerprint density at radius 1 is 1.07 bits per heavy atom. The molecule has 0 aliphatic carbocycles. The first-order valence-electron chi connectivity index (χ1n) is 10.1. The number of benzene rings is 2. The molecule has 0 heterocycles. The predicted molar refractivity (Wildman–Crippen MR) is 111 cm³/mol. The monoisotopic (exact) mass is 456 g/mol. The van der Waals surface area contributed by atoms with Crippen molar-refractivity contribution in [2.75, 3.05) is 33.8 Å². The molecule has 2 atom stereocenters. The minimum atomic E-state index is -0.540. The van der Waals surface area contributed by atoms with Crippen LogP contribution in [0.2, 0.25) is 0 Å². The number of nitrogens with two attached hydrogens (primary N) is 1. The highest BCUT2D eigenvalue weighted by molar-refractivity contribution is 5.96. The number of ketones is 1. The lowest BCUT2D eigenvalue weighted by molar-refractivity contribution is -0.858. The maximum Gasteiger partial charge on any atom is 0.168 e. The highest BCUT2D eigenvalue weighted by Gasteiger charge is 2.19. The van der Waals surface area contributed by atoms with Gasteiger partial charge in [-0.3, -0.25) is 4.79 Å². The quantitative estimate of drug-likeness (QED) is 0.221. The van der Waals surface area contributed by atoms with E-state index >= 15 is 0 Å². The van der Waals surface area contributed by atoms with Crippen LogP contribution in [0.25, 0.3) is 0 Å². The maximum atomic E-state index is 12.4. The molecule has 168 valence electrons. The molecule has 0 aliphatic rings. The van der Waals surface area contributed by atoms with E-state index in [-0.39, 0.29) is 36.6 Å². The van der Waals surface area contributed by atoms with Crippen molar-refractivity contribution in [2.24, 2.45) is 0 Å². The van der Waals surface area contributed by atoms with E-state index < -0.39 is 6.10 Å². The third kappa shape index (κ3) is 9.92. The molecule has 0 fully saturated rings. The van der Waals surface area contributed by atoms with Gasteiger partial charge >= 0.3 is 0 Å². The third-order valence-corrected chi connectivity index (χ3v) is 4.82. The molecule has 7 heteroatoms. The zero-order valence-corrected chi connectivity index (χ0v) is 19.5. The minimum Gasteiger partial charge on any atom is -1.00 e. The van der Waals surface area contributed by atoms with Gasteiger partial charge in [-0.25, -0.2) is 0 Å². The van der Waals surface area contributed by atoms with Gasteiger partial charge in [-0.2, -0.15) is 0 Å². The lowest BCUT2D eigenvalue weighted by atomic mass is 10.0. The third-order valence-electron chi connectivity index (χ3n) is 4.82. The summed E-state index contributed by atoms with van der Waals surface area (Å²) in [6.07, 6.45) is 0.908. The van der Waals surface area contributed by atoms with Crippen LogP contribution in [-0.4, -0.2) is 50.7 Å². The number of aliphatic hydroxyl groups is 1. The number of hydrogen-bond acceptors (Lipinski definition) is 3. The van der Waals surface area contributed by atoms with E-state index in [2.05, 4.69) is 14.1 Å². The largest absolute Gasteiger partial charge is 1.00 e. The van der Waals surface area contributed by atoms with Crippen molar-refractivity contribution >= 4 is 5.78 Å². The van der Waals surface area contributed by atoms with E-state index in [4.69, 9.17) is 4.74 Å². The average Bonchev–Trinajstić information content (AvgIpc) is 2.71. The van der Waals surface area contributed by atoms with Crippen molar-refractivity contribution < 1.29 is 49.7 Å². The number of aliphatic hydroxyl groups excluding tert-OH is 1. The number of halogens is 2. The first kappa shape index (κ1) is 28.4. The molecule has 4 N–H and O–H groups in total. The van der Waals surface area contributed by atoms with Crippen LogP contribution < -0.4 is 39.8 Å². The van der Waals surface area contributed by atoms with Crippen LogP contribution in [-0.2, 0) is 0 Å². The summed E-state index contributed by atoms with van der Waals surface area (Å²) in [6, 6.07) is 17.0. The van der Waals surface area contributed by atoms with Gasteiger partial charge in [0, 0.05) is 12.0 Å². The Kier molecular flexibility index (Phi) is 14.4. The molecule has 0 saturated heterocycles. The first-order valence-corrected chi connectivity index (χ1v) is 10.1. The van der Waals surface area contributed by atoms with Crippen LogP contribution in [0, 0.1) is 0 Å². The fraction of sp³-hybridized carbons (Fsp3) is 0.435. The predicted octanol–water partition coefficient (Wildman–Crippen LogP) is -5.13. The lowest BCUT2D eigenvalue weighted by Gasteiger charge is -2.17. The fourth-order valence-electron chi connectivity index (χ4n) is 3.06. The molecule has 0 aromatic heterocycles. The highest BCUT2D eigenvalue weighted by Crippen LogP contribution is 2.15. The Morgan fingerprint density at radius 2 is 1.70 bits per heavy atom. The number of carbonyl (C=O) groups excluding carboxylic acids is 1. The zero-order valence-electron chi connectivity index (χ0n) is 18.0. The van der Waals surface area contributed by atoms with E-state index in [0.29, 0.717) is 25.1 Å². The Bertz CT molecular complexity index is 712. The molecule has 0 saturated carbocycles. The molecular weight excluding hydrogens is 423 g/mol. The first-order chi connectivity index (χ1) is 13.5. The molecule has 0 bridgehead atoms. The van der Waals surface area contributed by atoms with Gasteiger partial charge in [0.25, 0.3) is 0 Å². The normalized spacial score (nSPS) is 12.4. The SMILES string of the molecule is CC([NH2+]CCC(=O)c1ccc(OCCC[NH+](C)C)cc1)C(O)c1ccccc1.[Cl-].[Cl-]. The van der Waals surface area contributed by atoms with E-state index in [9.17, 15) is 9.90 Å². The number of ether oxygens (including phenoxy) is 1. The van der Waals surface area contributed by atoms with Crippen molar-refractivity contribution in [3.05, 3.63) is 65.7 Å². The van der Waals surface area contributed by atoms with Crippen molar-refractivity contribution in [1.29, 1.82) is 0 Å². The molecule has 0 radical (unpaired) electrons. The van der Waals surface area contributed by atoms with E-state index in [1.807, 2.05) is 66.8 Å². The molecule has 0 spiro atoms. The summed E-state index contributed by atoms with van der Waals surface area (Å²) in [5, 5.41) is 12.4. The fourth-order valence-corrected chi connectivity index (χ4v) is 3.06. The second-order valence-electron chi connectivity index (χ2n) is 7.60. The van der Waals surface area contributed by atoms with Crippen molar-refractivity contribution in [3.63, 3.8) is 0 Å². The molecule has 2 aromatic rings. The van der Waals surface area contributed by atoms with Crippen molar-refractivity contribution in [3.8, 4) is 5.75 Å². The van der Waals surface area contributed by atoms with E-state index in [1.165, 1.54) is 4.90 Å². The van der Waals surface area contributed by atoms with Crippen LogP contribution in [0.4, 0.5) is 0 Å². The second kappa shape index (κ2) is 15.2. The van der Waals surface area contributed by atoms with Gasteiger partial charge in [0.2, 0.25) is 0 Å².